The Morgan fingerprint density at radius 2 is 1.41 bits per heavy atom. The van der Waals surface area contributed by atoms with E-state index in [2.05, 4.69) is 45.0 Å². The molecule has 3 aromatic rings. The van der Waals surface area contributed by atoms with E-state index in [9.17, 15) is 4.79 Å². The number of para-hydroxylation sites is 1. The van der Waals surface area contributed by atoms with Gasteiger partial charge in [0.15, 0.2) is 0 Å². The van der Waals surface area contributed by atoms with Crippen LogP contribution in [0.1, 0.15) is 99.5 Å². The summed E-state index contributed by atoms with van der Waals surface area (Å²) in [5.74, 6) is 0.744. The van der Waals surface area contributed by atoms with Crippen LogP contribution in [0.5, 0.6) is 5.75 Å². The summed E-state index contributed by atoms with van der Waals surface area (Å²) < 4.78 is 5.92. The number of hydrogen-bond donors (Lipinski definition) is 0. The van der Waals surface area contributed by atoms with Gasteiger partial charge in [-0.05, 0) is 59.6 Å². The minimum atomic E-state index is -0.253. The van der Waals surface area contributed by atoms with Gasteiger partial charge in [-0.15, -0.1) is 0 Å². The third-order valence-electron chi connectivity index (χ3n) is 6.62. The van der Waals surface area contributed by atoms with E-state index in [1.165, 1.54) is 43.2 Å². The number of rotatable bonds is 13. The molecule has 0 aliphatic carbocycles. The maximum Gasteiger partial charge on any atom is 0.344 e. The topological polar surface area (TPSA) is 26.3 Å². The summed E-state index contributed by atoms with van der Waals surface area (Å²) in [6, 6.07) is 24.0. The van der Waals surface area contributed by atoms with Gasteiger partial charge in [0.05, 0.1) is 5.56 Å². The predicted molar refractivity (Wildman–Crippen MR) is 144 cm³/mol. The van der Waals surface area contributed by atoms with Gasteiger partial charge in [0.25, 0.3) is 0 Å². The van der Waals surface area contributed by atoms with Crippen LogP contribution in [0.2, 0.25) is 0 Å². The Kier molecular flexibility index (Phi) is 10.4. The van der Waals surface area contributed by atoms with Crippen LogP contribution in [0.4, 0.5) is 0 Å². The van der Waals surface area contributed by atoms with E-state index in [1.807, 2.05) is 48.5 Å². The Labute approximate surface area is 206 Å². The Bertz CT molecular complexity index is 1010. The second kappa shape index (κ2) is 13.7. The molecule has 1 unspecified atom stereocenters. The molecule has 34 heavy (non-hydrogen) atoms. The number of unbranched alkanes of at least 4 members (excludes halogenated alkanes) is 5. The summed E-state index contributed by atoms with van der Waals surface area (Å²) >= 11 is 0. The van der Waals surface area contributed by atoms with Gasteiger partial charge in [-0.25, -0.2) is 4.79 Å². The Hall–Kier alpha value is -2.87. The standard InChI is InChI=1S/C32H40O2/c1-4-6-7-8-9-16-22-30-28(25(3)17-5-2)23-24-29(26-18-12-10-13-19-26)31(30)32(33)34-27-20-14-11-15-21-27/h10-15,18-21,23-25H,4-9,16-17,22H2,1-3H3. The average Bonchev–Trinajstić information content (AvgIpc) is 2.87. The second-order valence-electron chi connectivity index (χ2n) is 9.33. The van der Waals surface area contributed by atoms with Gasteiger partial charge < -0.3 is 4.74 Å². The molecule has 3 rings (SSSR count). The second-order valence-corrected chi connectivity index (χ2v) is 9.33. The van der Waals surface area contributed by atoms with E-state index in [0.717, 1.165) is 42.4 Å². The van der Waals surface area contributed by atoms with Crippen LogP contribution in [0.3, 0.4) is 0 Å². The lowest BCUT2D eigenvalue weighted by Crippen LogP contribution is -2.16. The van der Waals surface area contributed by atoms with Crippen molar-refractivity contribution < 1.29 is 9.53 Å². The number of carbonyl (C=O) groups excluding carboxylic acids is 1. The van der Waals surface area contributed by atoms with Crippen molar-refractivity contribution in [2.24, 2.45) is 0 Å². The van der Waals surface area contributed by atoms with Gasteiger partial charge in [-0.2, -0.15) is 0 Å². The summed E-state index contributed by atoms with van der Waals surface area (Å²) in [5, 5.41) is 0. The summed E-state index contributed by atoms with van der Waals surface area (Å²) in [6.07, 6.45) is 10.6. The van der Waals surface area contributed by atoms with Gasteiger partial charge in [-0.3, -0.25) is 0 Å². The fourth-order valence-corrected chi connectivity index (χ4v) is 4.80. The Balaban J connectivity index is 2.03. The first kappa shape index (κ1) is 25.7. The molecule has 0 fully saturated rings. The zero-order valence-corrected chi connectivity index (χ0v) is 21.2. The number of benzene rings is 3. The minimum absolute atomic E-state index is 0.253. The van der Waals surface area contributed by atoms with Crippen molar-refractivity contribution >= 4 is 5.97 Å². The molecule has 2 heteroatoms. The minimum Gasteiger partial charge on any atom is -0.423 e. The highest BCUT2D eigenvalue weighted by atomic mass is 16.5. The molecular weight excluding hydrogens is 416 g/mol. The maximum atomic E-state index is 13.7. The van der Waals surface area contributed by atoms with Crippen molar-refractivity contribution in [3.63, 3.8) is 0 Å². The maximum absolute atomic E-state index is 13.7. The van der Waals surface area contributed by atoms with Gasteiger partial charge in [-0.1, -0.05) is 120 Å². The first-order valence-corrected chi connectivity index (χ1v) is 13.1. The molecule has 0 aliphatic rings. The van der Waals surface area contributed by atoms with Crippen LogP contribution < -0.4 is 4.74 Å². The molecule has 0 spiro atoms. The normalized spacial score (nSPS) is 11.9. The molecule has 2 nitrogen and oxygen atoms in total. The zero-order valence-electron chi connectivity index (χ0n) is 21.2. The molecule has 0 aliphatic heterocycles. The molecule has 0 radical (unpaired) electrons. The molecular formula is C32H40O2. The predicted octanol–water partition coefficient (Wildman–Crippen LogP) is 9.38. The molecule has 3 aromatic carbocycles. The lowest BCUT2D eigenvalue weighted by Gasteiger charge is -2.22. The lowest BCUT2D eigenvalue weighted by molar-refractivity contribution is 0.0734. The number of carbonyl (C=O) groups is 1. The molecule has 0 N–H and O–H groups in total. The van der Waals surface area contributed by atoms with Crippen molar-refractivity contribution in [1.82, 2.24) is 0 Å². The van der Waals surface area contributed by atoms with Gasteiger partial charge in [0.2, 0.25) is 0 Å². The summed E-state index contributed by atoms with van der Waals surface area (Å²) in [7, 11) is 0. The molecule has 0 saturated carbocycles. The summed E-state index contributed by atoms with van der Waals surface area (Å²) in [6.45, 7) is 6.77. The molecule has 0 amide bonds. The summed E-state index contributed by atoms with van der Waals surface area (Å²) in [4.78, 5) is 13.7. The van der Waals surface area contributed by atoms with Crippen molar-refractivity contribution in [3.05, 3.63) is 89.5 Å². The van der Waals surface area contributed by atoms with Gasteiger partial charge in [0, 0.05) is 0 Å². The summed E-state index contributed by atoms with van der Waals surface area (Å²) in [5.41, 5.74) is 5.24. The average molecular weight is 457 g/mol. The number of ether oxygens (including phenoxy) is 1. The van der Waals surface area contributed by atoms with Gasteiger partial charge in [0.1, 0.15) is 5.75 Å². The smallest absolute Gasteiger partial charge is 0.344 e. The molecule has 0 saturated heterocycles. The quantitative estimate of drug-likeness (QED) is 0.145. The van der Waals surface area contributed by atoms with Crippen LogP contribution in [-0.2, 0) is 6.42 Å². The van der Waals surface area contributed by atoms with E-state index < -0.39 is 0 Å². The van der Waals surface area contributed by atoms with Crippen molar-refractivity contribution in [1.29, 1.82) is 0 Å². The van der Waals surface area contributed by atoms with Crippen LogP contribution >= 0.6 is 0 Å². The van der Waals surface area contributed by atoms with Crippen LogP contribution in [-0.4, -0.2) is 5.97 Å². The highest BCUT2D eigenvalue weighted by Gasteiger charge is 2.24. The fourth-order valence-electron chi connectivity index (χ4n) is 4.80. The van der Waals surface area contributed by atoms with Crippen LogP contribution in [0.15, 0.2) is 72.8 Å². The molecule has 0 heterocycles. The van der Waals surface area contributed by atoms with Crippen molar-refractivity contribution in [2.45, 2.75) is 84.5 Å². The van der Waals surface area contributed by atoms with Gasteiger partial charge >= 0.3 is 5.97 Å². The Morgan fingerprint density at radius 1 is 0.765 bits per heavy atom. The zero-order chi connectivity index (χ0) is 24.2. The molecule has 180 valence electrons. The van der Waals surface area contributed by atoms with E-state index in [4.69, 9.17) is 4.74 Å². The van der Waals surface area contributed by atoms with E-state index in [-0.39, 0.29) is 5.97 Å². The Morgan fingerprint density at radius 3 is 2.09 bits per heavy atom. The molecule has 0 aromatic heterocycles. The van der Waals surface area contributed by atoms with E-state index >= 15 is 0 Å². The number of hydrogen-bond acceptors (Lipinski definition) is 2. The van der Waals surface area contributed by atoms with Crippen molar-refractivity contribution in [2.75, 3.05) is 0 Å². The van der Waals surface area contributed by atoms with Crippen molar-refractivity contribution in [3.8, 4) is 16.9 Å². The highest BCUT2D eigenvalue weighted by Crippen LogP contribution is 2.35. The fraction of sp³-hybridized carbons (Fsp3) is 0.406. The molecule has 0 bridgehead atoms. The van der Waals surface area contributed by atoms with E-state index in [1.54, 1.807) is 0 Å². The monoisotopic (exact) mass is 456 g/mol. The third kappa shape index (κ3) is 7.06. The van der Waals surface area contributed by atoms with E-state index in [0.29, 0.717) is 11.7 Å². The number of esters is 1. The largest absolute Gasteiger partial charge is 0.423 e. The van der Waals surface area contributed by atoms with Crippen LogP contribution in [0.25, 0.3) is 11.1 Å². The van der Waals surface area contributed by atoms with Crippen LogP contribution in [0, 0.1) is 0 Å². The lowest BCUT2D eigenvalue weighted by atomic mass is 9.83. The third-order valence-corrected chi connectivity index (χ3v) is 6.62. The first-order valence-electron chi connectivity index (χ1n) is 13.1. The highest BCUT2D eigenvalue weighted by molar-refractivity contribution is 6.00. The molecule has 1 atom stereocenters. The SMILES string of the molecule is CCCCCCCCc1c(C(C)CCC)ccc(-c2ccccc2)c1C(=O)Oc1ccccc1. The first-order chi connectivity index (χ1) is 16.7.